The molecule has 0 fully saturated rings. The molecular weight excluding hydrogens is 332 g/mol. The molecule has 9 heteroatoms. The Hall–Kier alpha value is -3.23. The molecule has 0 atom stereocenters. The number of hydrogen-bond acceptors (Lipinski definition) is 6. The first kappa shape index (κ1) is 16.2. The number of rotatable bonds is 3. The SMILES string of the molecule is CC(C)n1cnnc1-c1cccc(NC(=O)n2nc3c(c2N)CCC3)n1. The minimum atomic E-state index is -0.424. The Morgan fingerprint density at radius 2 is 2.15 bits per heavy atom. The third-order valence-electron chi connectivity index (χ3n) is 4.48. The maximum Gasteiger partial charge on any atom is 0.349 e. The van der Waals surface area contributed by atoms with Gasteiger partial charge in [0.25, 0.3) is 0 Å². The second kappa shape index (κ2) is 6.25. The van der Waals surface area contributed by atoms with Gasteiger partial charge in [-0.2, -0.15) is 9.78 Å². The number of aromatic nitrogens is 6. The van der Waals surface area contributed by atoms with Gasteiger partial charge in [-0.1, -0.05) is 6.07 Å². The van der Waals surface area contributed by atoms with Crippen LogP contribution in [-0.2, 0) is 12.8 Å². The van der Waals surface area contributed by atoms with Crippen LogP contribution in [0.5, 0.6) is 0 Å². The van der Waals surface area contributed by atoms with Crippen LogP contribution in [0.15, 0.2) is 24.5 Å². The van der Waals surface area contributed by atoms with Crippen LogP contribution < -0.4 is 11.1 Å². The molecule has 9 nitrogen and oxygen atoms in total. The number of nitrogens with one attached hydrogen (secondary N) is 1. The zero-order chi connectivity index (χ0) is 18.3. The number of hydrogen-bond donors (Lipinski definition) is 2. The van der Waals surface area contributed by atoms with E-state index < -0.39 is 6.03 Å². The summed E-state index contributed by atoms with van der Waals surface area (Å²) >= 11 is 0. The fourth-order valence-corrected chi connectivity index (χ4v) is 3.17. The topological polar surface area (TPSA) is 117 Å². The Labute approximate surface area is 150 Å². The molecule has 3 aromatic heterocycles. The number of nitrogens with two attached hydrogens (primary N) is 1. The van der Waals surface area contributed by atoms with Crippen LogP contribution in [0.3, 0.4) is 0 Å². The second-order valence-electron chi connectivity index (χ2n) is 6.57. The van der Waals surface area contributed by atoms with Crippen molar-refractivity contribution in [2.45, 2.75) is 39.2 Å². The number of aryl methyl sites for hydroxylation is 1. The van der Waals surface area contributed by atoms with E-state index in [1.807, 2.05) is 30.5 Å². The van der Waals surface area contributed by atoms with Crippen LogP contribution in [0.1, 0.15) is 37.6 Å². The van der Waals surface area contributed by atoms with Gasteiger partial charge < -0.3 is 10.3 Å². The van der Waals surface area contributed by atoms with Crippen molar-refractivity contribution in [2.75, 3.05) is 11.1 Å². The van der Waals surface area contributed by atoms with Crippen molar-refractivity contribution in [3.63, 3.8) is 0 Å². The molecule has 3 heterocycles. The van der Waals surface area contributed by atoms with E-state index in [1.165, 1.54) is 4.68 Å². The number of nitrogen functional groups attached to an aromatic ring is 1. The highest BCUT2D eigenvalue weighted by molar-refractivity contribution is 5.92. The van der Waals surface area contributed by atoms with Crippen molar-refractivity contribution in [1.29, 1.82) is 0 Å². The summed E-state index contributed by atoms with van der Waals surface area (Å²) < 4.78 is 3.14. The van der Waals surface area contributed by atoms with E-state index in [2.05, 4.69) is 25.6 Å². The summed E-state index contributed by atoms with van der Waals surface area (Å²) in [5.74, 6) is 1.46. The van der Waals surface area contributed by atoms with Crippen LogP contribution in [0.25, 0.3) is 11.5 Å². The Bertz CT molecular complexity index is 971. The zero-order valence-electron chi connectivity index (χ0n) is 14.7. The van der Waals surface area contributed by atoms with Crippen molar-refractivity contribution in [3.8, 4) is 11.5 Å². The summed E-state index contributed by atoms with van der Waals surface area (Å²) in [5, 5.41) is 15.2. The van der Waals surface area contributed by atoms with Gasteiger partial charge in [0, 0.05) is 11.6 Å². The lowest BCUT2D eigenvalue weighted by atomic mass is 10.3. The number of anilines is 2. The molecule has 0 aliphatic heterocycles. The molecule has 3 aromatic rings. The summed E-state index contributed by atoms with van der Waals surface area (Å²) in [4.78, 5) is 17.0. The fraction of sp³-hybridized carbons (Fsp3) is 0.353. The highest BCUT2D eigenvalue weighted by atomic mass is 16.2. The van der Waals surface area contributed by atoms with Gasteiger partial charge in [0.1, 0.15) is 23.7 Å². The first-order valence-electron chi connectivity index (χ1n) is 8.59. The summed E-state index contributed by atoms with van der Waals surface area (Å²) in [6.07, 6.45) is 4.43. The van der Waals surface area contributed by atoms with E-state index in [9.17, 15) is 4.79 Å². The monoisotopic (exact) mass is 352 g/mol. The van der Waals surface area contributed by atoms with Crippen molar-refractivity contribution < 1.29 is 4.79 Å². The van der Waals surface area contributed by atoms with Crippen LogP contribution >= 0.6 is 0 Å². The Morgan fingerprint density at radius 1 is 1.31 bits per heavy atom. The molecule has 0 aromatic carbocycles. The van der Waals surface area contributed by atoms with E-state index in [-0.39, 0.29) is 6.04 Å². The maximum absolute atomic E-state index is 12.5. The lowest BCUT2D eigenvalue weighted by Crippen LogP contribution is -2.23. The van der Waals surface area contributed by atoms with Crippen LogP contribution in [-0.4, -0.2) is 35.6 Å². The molecule has 1 aliphatic rings. The summed E-state index contributed by atoms with van der Waals surface area (Å²) in [6, 6.07) is 5.13. The molecular formula is C17H20N8O. The highest BCUT2D eigenvalue weighted by Crippen LogP contribution is 2.26. The molecule has 0 bridgehead atoms. The van der Waals surface area contributed by atoms with Crippen molar-refractivity contribution in [1.82, 2.24) is 29.5 Å². The normalized spacial score (nSPS) is 13.2. The molecule has 0 saturated carbocycles. The van der Waals surface area contributed by atoms with Crippen molar-refractivity contribution >= 4 is 17.7 Å². The largest absolute Gasteiger partial charge is 0.383 e. The summed E-state index contributed by atoms with van der Waals surface area (Å²) in [5.41, 5.74) is 8.58. The molecule has 0 radical (unpaired) electrons. The fourth-order valence-electron chi connectivity index (χ4n) is 3.17. The second-order valence-corrected chi connectivity index (χ2v) is 6.57. The zero-order valence-corrected chi connectivity index (χ0v) is 14.7. The van der Waals surface area contributed by atoms with E-state index in [4.69, 9.17) is 5.73 Å². The molecule has 1 aliphatic carbocycles. The van der Waals surface area contributed by atoms with Gasteiger partial charge in [-0.15, -0.1) is 10.2 Å². The highest BCUT2D eigenvalue weighted by Gasteiger charge is 2.23. The first-order chi connectivity index (χ1) is 12.5. The van der Waals surface area contributed by atoms with E-state index in [1.54, 1.807) is 12.4 Å². The smallest absolute Gasteiger partial charge is 0.349 e. The Balaban J connectivity index is 1.59. The van der Waals surface area contributed by atoms with Gasteiger partial charge in [-0.05, 0) is 45.2 Å². The average molecular weight is 352 g/mol. The predicted octanol–water partition coefficient (Wildman–Crippen LogP) is 2.27. The van der Waals surface area contributed by atoms with Gasteiger partial charge in [-0.3, -0.25) is 5.32 Å². The first-order valence-corrected chi connectivity index (χ1v) is 8.59. The predicted molar refractivity (Wildman–Crippen MR) is 96.7 cm³/mol. The quantitative estimate of drug-likeness (QED) is 0.747. The van der Waals surface area contributed by atoms with Crippen LogP contribution in [0.2, 0.25) is 0 Å². The minimum absolute atomic E-state index is 0.200. The Morgan fingerprint density at radius 3 is 2.92 bits per heavy atom. The lowest BCUT2D eigenvalue weighted by Gasteiger charge is -2.11. The molecule has 0 spiro atoms. The molecule has 134 valence electrons. The molecule has 1 amide bonds. The maximum atomic E-state index is 12.5. The number of carbonyl (C=O) groups is 1. The van der Waals surface area contributed by atoms with Gasteiger partial charge >= 0.3 is 6.03 Å². The third-order valence-corrected chi connectivity index (χ3v) is 4.48. The molecule has 3 N–H and O–H groups in total. The van der Waals surface area contributed by atoms with Crippen LogP contribution in [0.4, 0.5) is 16.4 Å². The van der Waals surface area contributed by atoms with Gasteiger partial charge in [-0.25, -0.2) is 9.78 Å². The molecule has 26 heavy (non-hydrogen) atoms. The number of pyridine rings is 1. The summed E-state index contributed by atoms with van der Waals surface area (Å²) in [6.45, 7) is 4.08. The van der Waals surface area contributed by atoms with Gasteiger partial charge in [0.15, 0.2) is 5.82 Å². The number of amides is 1. The average Bonchev–Trinajstić information content (AvgIpc) is 3.32. The van der Waals surface area contributed by atoms with Crippen molar-refractivity contribution in [3.05, 3.63) is 35.8 Å². The number of fused-ring (bicyclic) bond motifs is 1. The molecule has 0 saturated heterocycles. The van der Waals surface area contributed by atoms with Crippen molar-refractivity contribution in [2.24, 2.45) is 0 Å². The van der Waals surface area contributed by atoms with Gasteiger partial charge in [0.2, 0.25) is 0 Å². The summed E-state index contributed by atoms with van der Waals surface area (Å²) in [7, 11) is 0. The van der Waals surface area contributed by atoms with E-state index in [0.29, 0.717) is 23.2 Å². The standard InChI is InChI=1S/C17H20N8O/c1-10(2)24-9-19-22-16(24)13-7-4-8-14(20-13)21-17(26)25-15(18)11-5-3-6-12(11)23-25/h4,7-10H,3,5-6,18H2,1-2H3,(H,20,21,26). The lowest BCUT2D eigenvalue weighted by molar-refractivity contribution is 0.251. The van der Waals surface area contributed by atoms with E-state index >= 15 is 0 Å². The number of nitrogens with zero attached hydrogens (tertiary/aromatic N) is 6. The van der Waals surface area contributed by atoms with Crippen LogP contribution in [0, 0.1) is 0 Å². The molecule has 4 rings (SSSR count). The number of carbonyl (C=O) groups excluding carboxylic acids is 1. The Kier molecular flexibility index (Phi) is 3.90. The minimum Gasteiger partial charge on any atom is -0.383 e. The van der Waals surface area contributed by atoms with E-state index in [0.717, 1.165) is 30.5 Å². The third kappa shape index (κ3) is 2.71. The molecule has 0 unspecified atom stereocenters. The van der Waals surface area contributed by atoms with Gasteiger partial charge in [0.05, 0.1) is 5.69 Å².